The SMILES string of the molecule is Cc1cnc([C@H]2CCCN(C(=O)c3cc4c(s3)CCC4)C2)s1. The van der Waals surface area contributed by atoms with Crippen molar-refractivity contribution in [1.29, 1.82) is 0 Å². The van der Waals surface area contributed by atoms with Crippen LogP contribution in [0, 0.1) is 6.92 Å². The predicted molar refractivity (Wildman–Crippen MR) is 91.1 cm³/mol. The van der Waals surface area contributed by atoms with Crippen molar-refractivity contribution in [2.24, 2.45) is 0 Å². The summed E-state index contributed by atoms with van der Waals surface area (Å²) in [5.74, 6) is 0.653. The highest BCUT2D eigenvalue weighted by molar-refractivity contribution is 7.14. The Hall–Kier alpha value is -1.20. The molecule has 2 aliphatic rings. The first-order chi connectivity index (χ1) is 10.7. The number of nitrogens with zero attached hydrogens (tertiary/aromatic N) is 2. The molecular formula is C17H20N2OS2. The summed E-state index contributed by atoms with van der Waals surface area (Å²) < 4.78 is 0. The Balaban J connectivity index is 1.50. The van der Waals surface area contributed by atoms with Crippen molar-refractivity contribution in [2.45, 2.75) is 44.9 Å². The van der Waals surface area contributed by atoms with Gasteiger partial charge < -0.3 is 4.90 Å². The largest absolute Gasteiger partial charge is 0.337 e. The van der Waals surface area contributed by atoms with E-state index in [0.29, 0.717) is 5.92 Å². The van der Waals surface area contributed by atoms with Crippen LogP contribution in [0.5, 0.6) is 0 Å². The van der Waals surface area contributed by atoms with Gasteiger partial charge in [0.1, 0.15) is 0 Å². The Labute approximate surface area is 139 Å². The third-order valence-corrected chi connectivity index (χ3v) is 6.95. The molecule has 0 N–H and O–H groups in total. The molecule has 1 aliphatic heterocycles. The Morgan fingerprint density at radius 2 is 2.23 bits per heavy atom. The van der Waals surface area contributed by atoms with Gasteiger partial charge in [0.15, 0.2) is 0 Å². The molecule has 1 saturated heterocycles. The molecule has 0 radical (unpaired) electrons. The van der Waals surface area contributed by atoms with E-state index in [4.69, 9.17) is 0 Å². The van der Waals surface area contributed by atoms with Crippen LogP contribution in [-0.4, -0.2) is 28.9 Å². The average molecular weight is 332 g/mol. The monoisotopic (exact) mass is 332 g/mol. The van der Waals surface area contributed by atoms with Gasteiger partial charge in [0, 0.05) is 35.0 Å². The number of aromatic nitrogens is 1. The second-order valence-corrected chi connectivity index (χ2v) is 8.72. The zero-order valence-corrected chi connectivity index (χ0v) is 14.4. The number of hydrogen-bond donors (Lipinski definition) is 0. The van der Waals surface area contributed by atoms with Crippen LogP contribution in [0.1, 0.15) is 55.2 Å². The summed E-state index contributed by atoms with van der Waals surface area (Å²) in [6.45, 7) is 3.82. The fraction of sp³-hybridized carbons (Fsp3) is 0.529. The predicted octanol–water partition coefficient (Wildman–Crippen LogP) is 4.02. The summed E-state index contributed by atoms with van der Waals surface area (Å²) in [5, 5.41) is 1.20. The van der Waals surface area contributed by atoms with E-state index >= 15 is 0 Å². The van der Waals surface area contributed by atoms with Crippen LogP contribution in [0.2, 0.25) is 0 Å². The first kappa shape index (κ1) is 14.4. The highest BCUT2D eigenvalue weighted by Crippen LogP contribution is 2.34. The highest BCUT2D eigenvalue weighted by atomic mass is 32.1. The normalized spacial score (nSPS) is 21.1. The molecule has 1 amide bonds. The van der Waals surface area contributed by atoms with Crippen molar-refractivity contribution in [3.8, 4) is 0 Å². The molecule has 4 rings (SSSR count). The van der Waals surface area contributed by atoms with Gasteiger partial charge in [0.25, 0.3) is 5.91 Å². The first-order valence-corrected chi connectivity index (χ1v) is 9.67. The van der Waals surface area contributed by atoms with Gasteiger partial charge in [-0.1, -0.05) is 0 Å². The molecule has 0 aromatic carbocycles. The molecule has 0 bridgehead atoms. The molecule has 0 saturated carbocycles. The molecule has 0 spiro atoms. The van der Waals surface area contributed by atoms with Crippen LogP contribution in [0.3, 0.4) is 0 Å². The molecule has 116 valence electrons. The summed E-state index contributed by atoms with van der Waals surface area (Å²) in [6.07, 6.45) is 7.75. The number of carbonyl (C=O) groups excluding carboxylic acids is 1. The van der Waals surface area contributed by atoms with Crippen molar-refractivity contribution in [1.82, 2.24) is 9.88 Å². The van der Waals surface area contributed by atoms with Crippen LogP contribution < -0.4 is 0 Å². The molecule has 2 aromatic rings. The van der Waals surface area contributed by atoms with E-state index < -0.39 is 0 Å². The topological polar surface area (TPSA) is 33.2 Å². The summed E-state index contributed by atoms with van der Waals surface area (Å²) in [7, 11) is 0. The van der Waals surface area contributed by atoms with Crippen molar-refractivity contribution in [3.05, 3.63) is 37.5 Å². The van der Waals surface area contributed by atoms with Gasteiger partial charge in [-0.15, -0.1) is 22.7 Å². The Morgan fingerprint density at radius 1 is 1.32 bits per heavy atom. The Kier molecular flexibility index (Phi) is 3.78. The van der Waals surface area contributed by atoms with E-state index in [-0.39, 0.29) is 5.91 Å². The Bertz CT molecular complexity index is 682. The lowest BCUT2D eigenvalue weighted by Crippen LogP contribution is -2.38. The molecular weight excluding hydrogens is 312 g/mol. The molecule has 1 aliphatic carbocycles. The van der Waals surface area contributed by atoms with Gasteiger partial charge in [-0.2, -0.15) is 0 Å². The molecule has 1 fully saturated rings. The second-order valence-electron chi connectivity index (χ2n) is 6.31. The highest BCUT2D eigenvalue weighted by Gasteiger charge is 2.29. The van der Waals surface area contributed by atoms with Gasteiger partial charge in [-0.05, 0) is 50.7 Å². The number of fused-ring (bicyclic) bond motifs is 1. The van der Waals surface area contributed by atoms with Gasteiger partial charge in [0.2, 0.25) is 0 Å². The Morgan fingerprint density at radius 3 is 3.00 bits per heavy atom. The van der Waals surface area contributed by atoms with E-state index in [0.717, 1.165) is 43.6 Å². The lowest BCUT2D eigenvalue weighted by molar-refractivity contribution is 0.0712. The number of likely N-dealkylation sites (tertiary alicyclic amines) is 1. The van der Waals surface area contributed by atoms with Crippen molar-refractivity contribution in [3.63, 3.8) is 0 Å². The average Bonchev–Trinajstić information content (AvgIpc) is 3.21. The lowest BCUT2D eigenvalue weighted by atomic mass is 9.98. The maximum Gasteiger partial charge on any atom is 0.263 e. The lowest BCUT2D eigenvalue weighted by Gasteiger charge is -2.31. The number of piperidine rings is 1. The third-order valence-electron chi connectivity index (χ3n) is 4.65. The number of hydrogen-bond acceptors (Lipinski definition) is 4. The molecule has 1 atom stereocenters. The van der Waals surface area contributed by atoms with Crippen LogP contribution in [-0.2, 0) is 12.8 Å². The minimum absolute atomic E-state index is 0.234. The van der Waals surface area contributed by atoms with Crippen LogP contribution in [0.25, 0.3) is 0 Å². The quantitative estimate of drug-likeness (QED) is 0.832. The summed E-state index contributed by atoms with van der Waals surface area (Å²) >= 11 is 3.50. The number of rotatable bonds is 2. The van der Waals surface area contributed by atoms with Crippen LogP contribution in [0.4, 0.5) is 0 Å². The molecule has 3 heterocycles. The third kappa shape index (κ3) is 2.61. The first-order valence-electron chi connectivity index (χ1n) is 8.04. The summed E-state index contributed by atoms with van der Waals surface area (Å²) in [5.41, 5.74) is 1.41. The molecule has 22 heavy (non-hydrogen) atoms. The smallest absolute Gasteiger partial charge is 0.263 e. The van der Waals surface area contributed by atoms with E-state index in [9.17, 15) is 4.79 Å². The fourth-order valence-electron chi connectivity index (χ4n) is 3.51. The van der Waals surface area contributed by atoms with E-state index in [1.807, 2.05) is 11.1 Å². The number of carbonyl (C=O) groups is 1. The zero-order chi connectivity index (χ0) is 15.1. The van der Waals surface area contributed by atoms with Crippen LogP contribution >= 0.6 is 22.7 Å². The van der Waals surface area contributed by atoms with E-state index in [2.05, 4.69) is 18.0 Å². The number of aryl methyl sites for hydroxylation is 3. The zero-order valence-electron chi connectivity index (χ0n) is 12.8. The minimum atomic E-state index is 0.234. The van der Waals surface area contributed by atoms with Crippen LogP contribution in [0.15, 0.2) is 12.3 Å². The molecule has 0 unspecified atom stereocenters. The van der Waals surface area contributed by atoms with Crippen molar-refractivity contribution in [2.75, 3.05) is 13.1 Å². The molecule has 5 heteroatoms. The number of amides is 1. The van der Waals surface area contributed by atoms with E-state index in [1.165, 1.54) is 26.7 Å². The maximum absolute atomic E-state index is 12.8. The second kappa shape index (κ2) is 5.78. The molecule has 2 aromatic heterocycles. The maximum atomic E-state index is 12.8. The number of thiazole rings is 1. The van der Waals surface area contributed by atoms with E-state index in [1.54, 1.807) is 22.7 Å². The van der Waals surface area contributed by atoms with Gasteiger partial charge in [-0.3, -0.25) is 4.79 Å². The summed E-state index contributed by atoms with van der Waals surface area (Å²) in [4.78, 5) is 23.0. The van der Waals surface area contributed by atoms with Crippen molar-refractivity contribution >= 4 is 28.6 Å². The van der Waals surface area contributed by atoms with Crippen molar-refractivity contribution < 1.29 is 4.79 Å². The summed E-state index contributed by atoms with van der Waals surface area (Å²) in [6, 6.07) is 2.15. The standard InChI is InChI=1S/C17H20N2OS2/c1-11-9-18-16(21-11)13-5-3-7-19(10-13)17(20)15-8-12-4-2-6-14(12)22-15/h8-9,13H,2-7,10H2,1H3/t13-/m0/s1. The van der Waals surface area contributed by atoms with Gasteiger partial charge in [0.05, 0.1) is 9.88 Å². The molecule has 3 nitrogen and oxygen atoms in total. The van der Waals surface area contributed by atoms with Gasteiger partial charge >= 0.3 is 0 Å². The van der Waals surface area contributed by atoms with Gasteiger partial charge in [-0.25, -0.2) is 4.98 Å². The minimum Gasteiger partial charge on any atom is -0.337 e. The number of thiophene rings is 1. The fourth-order valence-corrected chi connectivity index (χ4v) is 5.64.